The summed E-state index contributed by atoms with van der Waals surface area (Å²) in [7, 11) is 2.58. The van der Waals surface area contributed by atoms with E-state index in [4.69, 9.17) is 9.47 Å². The van der Waals surface area contributed by atoms with Gasteiger partial charge in [-0.25, -0.2) is 9.59 Å². The van der Waals surface area contributed by atoms with Crippen LogP contribution in [-0.2, 0) is 28.7 Å². The monoisotopic (exact) mass is 488 g/mol. The Hall–Kier alpha value is -1.42. The van der Waals surface area contributed by atoms with Crippen molar-refractivity contribution in [2.45, 2.75) is 90.5 Å². The van der Waals surface area contributed by atoms with E-state index in [0.717, 1.165) is 12.8 Å². The predicted molar refractivity (Wildman–Crippen MR) is 126 cm³/mol. The normalized spacial score (nSPS) is 21.6. The van der Waals surface area contributed by atoms with Gasteiger partial charge in [0.25, 0.3) is 0 Å². The third-order valence-corrected chi connectivity index (χ3v) is 7.06. The molecule has 10 heteroatoms. The van der Waals surface area contributed by atoms with Crippen LogP contribution in [0.1, 0.15) is 67.2 Å². The average molecular weight is 489 g/mol. The molecule has 2 atom stereocenters. The number of esters is 2. The molecule has 2 amide bonds. The summed E-state index contributed by atoms with van der Waals surface area (Å²) in [5.74, 6) is -0.636. The second kappa shape index (κ2) is 11.1. The predicted octanol–water partition coefficient (Wildman–Crippen LogP) is 3.03. The first-order chi connectivity index (χ1) is 14.8. The first kappa shape index (κ1) is 26.8. The molecule has 0 spiro atoms. The van der Waals surface area contributed by atoms with Crippen LogP contribution in [-0.4, -0.2) is 81.4 Å². The van der Waals surface area contributed by atoms with Crippen molar-refractivity contribution in [2.75, 3.05) is 24.6 Å². The Balaban J connectivity index is 1.77. The van der Waals surface area contributed by atoms with Crippen LogP contribution < -0.4 is 0 Å². The maximum Gasteiger partial charge on any atom is 0.329 e. The van der Waals surface area contributed by atoms with Crippen molar-refractivity contribution >= 4 is 45.3 Å². The van der Waals surface area contributed by atoms with Gasteiger partial charge in [0, 0.05) is 13.1 Å². The smallest absolute Gasteiger partial charge is 0.329 e. The summed E-state index contributed by atoms with van der Waals surface area (Å²) >= 11 is 0. The molecule has 2 heterocycles. The maximum atomic E-state index is 12.6. The van der Waals surface area contributed by atoms with E-state index in [1.54, 1.807) is 9.80 Å². The van der Waals surface area contributed by atoms with E-state index in [1.165, 1.54) is 21.6 Å². The van der Waals surface area contributed by atoms with Gasteiger partial charge >= 0.3 is 11.9 Å². The highest BCUT2D eigenvalue weighted by Crippen LogP contribution is 2.28. The van der Waals surface area contributed by atoms with Gasteiger partial charge < -0.3 is 19.3 Å². The van der Waals surface area contributed by atoms with Crippen molar-refractivity contribution in [3.05, 3.63) is 0 Å². The number of hydrogen-bond donors (Lipinski definition) is 0. The van der Waals surface area contributed by atoms with Gasteiger partial charge in [-0.05, 0) is 67.2 Å². The number of carbonyl (C=O) groups excluding carboxylic acids is 4. The first-order valence-corrected chi connectivity index (χ1v) is 13.6. The topological polar surface area (TPSA) is 93.2 Å². The van der Waals surface area contributed by atoms with E-state index in [-0.39, 0.29) is 35.3 Å². The number of nitrogens with zero attached hydrogens (tertiary/aromatic N) is 2. The van der Waals surface area contributed by atoms with Crippen LogP contribution in [0.5, 0.6) is 0 Å². The number of hydrogen-bond acceptors (Lipinski definition) is 8. The molecule has 2 fully saturated rings. The number of carbonyl (C=O) groups is 4. The van der Waals surface area contributed by atoms with E-state index >= 15 is 0 Å². The Morgan fingerprint density at radius 1 is 0.719 bits per heavy atom. The summed E-state index contributed by atoms with van der Waals surface area (Å²) in [6.07, 6.45) is 2.76. The molecule has 8 nitrogen and oxygen atoms in total. The average Bonchev–Trinajstić information content (AvgIpc) is 3.31. The fraction of sp³-hybridized carbons (Fsp3) is 0.818. The van der Waals surface area contributed by atoms with Crippen LogP contribution >= 0.6 is 21.6 Å². The summed E-state index contributed by atoms with van der Waals surface area (Å²) < 4.78 is 10.9. The molecule has 0 aromatic carbocycles. The third kappa shape index (κ3) is 8.17. The van der Waals surface area contributed by atoms with E-state index < -0.39 is 23.3 Å². The highest BCUT2D eigenvalue weighted by Gasteiger charge is 2.38. The second-order valence-electron chi connectivity index (χ2n) is 10.1. The van der Waals surface area contributed by atoms with Crippen molar-refractivity contribution in [2.24, 2.45) is 0 Å². The molecule has 2 rings (SSSR count). The molecule has 2 aliphatic heterocycles. The van der Waals surface area contributed by atoms with Gasteiger partial charge in [-0.1, -0.05) is 21.6 Å². The van der Waals surface area contributed by atoms with Crippen molar-refractivity contribution in [3.63, 3.8) is 0 Å². The Morgan fingerprint density at radius 3 is 1.38 bits per heavy atom. The van der Waals surface area contributed by atoms with Crippen LogP contribution in [0.4, 0.5) is 0 Å². The molecule has 0 aliphatic carbocycles. The molecule has 32 heavy (non-hydrogen) atoms. The molecule has 2 aliphatic rings. The van der Waals surface area contributed by atoms with Gasteiger partial charge in [0.1, 0.15) is 23.3 Å². The minimum Gasteiger partial charge on any atom is -0.458 e. The molecule has 0 aromatic heterocycles. The lowest BCUT2D eigenvalue weighted by molar-refractivity contribution is -0.163. The Labute approximate surface area is 198 Å². The van der Waals surface area contributed by atoms with Crippen molar-refractivity contribution in [1.29, 1.82) is 0 Å². The number of rotatable bonds is 7. The summed E-state index contributed by atoms with van der Waals surface area (Å²) in [5.41, 5.74) is -1.18. The SMILES string of the molecule is CC(C)(C)OC(=O)[C@H]1CCCN1C(=O)CSSCC(=O)N1CCC[C@@H]1C(=O)OC(C)(C)C. The Bertz CT molecular complexity index is 656. The van der Waals surface area contributed by atoms with Crippen LogP contribution in [0.2, 0.25) is 0 Å². The molecule has 182 valence electrons. The van der Waals surface area contributed by atoms with Crippen LogP contribution in [0.3, 0.4) is 0 Å². The maximum absolute atomic E-state index is 12.6. The quantitative estimate of drug-likeness (QED) is 0.307. The minimum absolute atomic E-state index is 0.129. The molecule has 2 saturated heterocycles. The van der Waals surface area contributed by atoms with Gasteiger partial charge in [-0.2, -0.15) is 0 Å². The molecular weight excluding hydrogens is 452 g/mol. The zero-order valence-corrected chi connectivity index (χ0v) is 21.6. The lowest BCUT2D eigenvalue weighted by Crippen LogP contribution is -2.44. The molecule has 0 bridgehead atoms. The number of likely N-dealkylation sites (tertiary alicyclic amines) is 2. The zero-order valence-electron chi connectivity index (χ0n) is 20.0. The number of ether oxygens (including phenoxy) is 2. The second-order valence-corrected chi connectivity index (χ2v) is 12.5. The highest BCUT2D eigenvalue weighted by atomic mass is 33.1. The van der Waals surface area contributed by atoms with Gasteiger partial charge in [-0.3, -0.25) is 9.59 Å². The summed E-state index contributed by atoms with van der Waals surface area (Å²) in [6, 6.07) is -1.07. The van der Waals surface area contributed by atoms with Crippen molar-refractivity contribution < 1.29 is 28.7 Å². The minimum atomic E-state index is -0.591. The molecule has 0 unspecified atom stereocenters. The summed E-state index contributed by atoms with van der Waals surface area (Å²) in [5, 5.41) is 0. The summed E-state index contributed by atoms with van der Waals surface area (Å²) in [6.45, 7) is 11.9. The largest absolute Gasteiger partial charge is 0.458 e. The fourth-order valence-corrected chi connectivity index (χ4v) is 5.51. The Kier molecular flexibility index (Phi) is 9.34. The van der Waals surface area contributed by atoms with Crippen molar-refractivity contribution in [3.8, 4) is 0 Å². The van der Waals surface area contributed by atoms with Crippen LogP contribution in [0, 0.1) is 0 Å². The molecule has 0 aromatic rings. The third-order valence-electron chi connectivity index (χ3n) is 4.95. The van der Waals surface area contributed by atoms with E-state index in [1.807, 2.05) is 41.5 Å². The van der Waals surface area contributed by atoms with E-state index in [9.17, 15) is 19.2 Å². The van der Waals surface area contributed by atoms with Gasteiger partial charge in [0.15, 0.2) is 0 Å². The summed E-state index contributed by atoms with van der Waals surface area (Å²) in [4.78, 5) is 53.2. The number of amides is 2. The van der Waals surface area contributed by atoms with Gasteiger partial charge in [-0.15, -0.1) is 0 Å². The zero-order chi connectivity index (χ0) is 24.1. The lowest BCUT2D eigenvalue weighted by Gasteiger charge is -2.27. The molecule has 0 saturated carbocycles. The Morgan fingerprint density at radius 2 is 1.06 bits per heavy atom. The van der Waals surface area contributed by atoms with Crippen LogP contribution in [0.25, 0.3) is 0 Å². The molecule has 0 N–H and O–H groups in total. The first-order valence-electron chi connectivity index (χ1n) is 11.1. The van der Waals surface area contributed by atoms with Gasteiger partial charge in [0.05, 0.1) is 11.5 Å². The van der Waals surface area contributed by atoms with E-state index in [2.05, 4.69) is 0 Å². The van der Waals surface area contributed by atoms with E-state index in [0.29, 0.717) is 25.9 Å². The standard InChI is InChI=1S/C22H36N2O6S2/c1-21(2,3)29-19(27)15-9-7-11-23(15)17(25)13-31-32-14-18(26)24-12-8-10-16(24)20(28)30-22(4,5)6/h15-16H,7-14H2,1-6H3/t15-,16-/m1/s1. The van der Waals surface area contributed by atoms with Crippen molar-refractivity contribution in [1.82, 2.24) is 9.80 Å². The molecular formula is C22H36N2O6S2. The van der Waals surface area contributed by atoms with Crippen LogP contribution in [0.15, 0.2) is 0 Å². The molecule has 0 radical (unpaired) electrons. The fourth-order valence-electron chi connectivity index (χ4n) is 3.71. The highest BCUT2D eigenvalue weighted by molar-refractivity contribution is 8.77. The lowest BCUT2D eigenvalue weighted by atomic mass is 10.1. The van der Waals surface area contributed by atoms with Gasteiger partial charge in [0.2, 0.25) is 11.8 Å².